The summed E-state index contributed by atoms with van der Waals surface area (Å²) in [5.74, 6) is 0. The molecule has 1 rings (SSSR count). The molecule has 86 valence electrons. The van der Waals surface area contributed by atoms with Crippen molar-refractivity contribution in [2.75, 3.05) is 7.05 Å². The maximum absolute atomic E-state index is 10.9. The van der Waals surface area contributed by atoms with Crippen LogP contribution in [0.1, 0.15) is 35.0 Å². The number of ether oxygens (including phenoxy) is 1. The van der Waals surface area contributed by atoms with Crippen LogP contribution in [0, 0.1) is 0 Å². The van der Waals surface area contributed by atoms with Gasteiger partial charge in [0.15, 0.2) is 0 Å². The molecule has 1 aliphatic carbocycles. The number of halogens is 1. The van der Waals surface area contributed by atoms with Crippen molar-refractivity contribution in [1.82, 2.24) is 5.32 Å². The minimum atomic E-state index is -0.311. The van der Waals surface area contributed by atoms with Crippen molar-refractivity contribution in [2.45, 2.75) is 38.2 Å². The summed E-state index contributed by atoms with van der Waals surface area (Å²) in [5.41, 5.74) is 0. The molecule has 1 atom stereocenters. The summed E-state index contributed by atoms with van der Waals surface area (Å²) in [6, 6.07) is 0. The van der Waals surface area contributed by atoms with E-state index in [0.717, 1.165) is 32.1 Å². The molecule has 1 unspecified atom stereocenters. The lowest BCUT2D eigenvalue weighted by atomic mass is 10.0. The van der Waals surface area contributed by atoms with Crippen LogP contribution >= 0.6 is 24.0 Å². The number of hydrogen-bond donors (Lipinski definition) is 1. The van der Waals surface area contributed by atoms with Gasteiger partial charge in [0.1, 0.15) is 6.10 Å². The monoisotopic (exact) mass is 315 g/mol. The Balaban J connectivity index is -0.000000563. The van der Waals surface area contributed by atoms with Gasteiger partial charge in [-0.15, -0.1) is 24.0 Å². The SMILES string of the molecule is CNC(=O)OC1CC/C=C/CCC1.I.[HH].[HH]. The van der Waals surface area contributed by atoms with Crippen LogP contribution in [0.25, 0.3) is 0 Å². The Hall–Kier alpha value is -0.260. The average Bonchev–Trinajstić information content (AvgIpc) is 2.09. The molecule has 1 aliphatic rings. The first-order valence-electron chi connectivity index (χ1n) is 4.86. The van der Waals surface area contributed by atoms with Crippen LogP contribution in [0.3, 0.4) is 0 Å². The molecule has 1 N–H and O–H groups in total. The number of carbonyl (C=O) groups is 1. The third-order valence-corrected chi connectivity index (χ3v) is 2.20. The van der Waals surface area contributed by atoms with Crippen LogP contribution in [0.15, 0.2) is 12.2 Å². The highest BCUT2D eigenvalue weighted by molar-refractivity contribution is 14.0. The van der Waals surface area contributed by atoms with Gasteiger partial charge in [-0.25, -0.2) is 4.79 Å². The van der Waals surface area contributed by atoms with Crippen molar-refractivity contribution in [3.63, 3.8) is 0 Å². The van der Waals surface area contributed by atoms with Gasteiger partial charge in [-0.05, 0) is 32.1 Å². The number of allylic oxidation sites excluding steroid dienone is 2. The van der Waals surface area contributed by atoms with Gasteiger partial charge in [-0.3, -0.25) is 0 Å². The van der Waals surface area contributed by atoms with E-state index in [1.165, 1.54) is 0 Å². The molecule has 0 aromatic heterocycles. The average molecular weight is 315 g/mol. The number of alkyl carbamates (subject to hydrolysis) is 1. The van der Waals surface area contributed by atoms with E-state index in [1.54, 1.807) is 7.05 Å². The zero-order valence-electron chi connectivity index (χ0n) is 8.49. The second kappa shape index (κ2) is 8.08. The Bertz CT molecular complexity index is 203. The zero-order valence-corrected chi connectivity index (χ0v) is 10.8. The number of nitrogens with one attached hydrogen (secondary N) is 1. The first-order valence-corrected chi connectivity index (χ1v) is 4.86. The molecule has 0 bridgehead atoms. The van der Waals surface area contributed by atoms with Crippen LogP contribution < -0.4 is 5.32 Å². The van der Waals surface area contributed by atoms with Gasteiger partial charge in [-0.2, -0.15) is 0 Å². The molecule has 0 fully saturated rings. The van der Waals surface area contributed by atoms with Gasteiger partial charge in [0.25, 0.3) is 0 Å². The molecule has 1 amide bonds. The van der Waals surface area contributed by atoms with E-state index in [0.29, 0.717) is 0 Å². The maximum Gasteiger partial charge on any atom is 0.407 e. The second-order valence-electron chi connectivity index (χ2n) is 3.26. The third-order valence-electron chi connectivity index (χ3n) is 2.20. The summed E-state index contributed by atoms with van der Waals surface area (Å²) >= 11 is 0. The largest absolute Gasteiger partial charge is 0.446 e. The number of amides is 1. The molecular weight excluding hydrogens is 293 g/mol. The number of hydrogen-bond acceptors (Lipinski definition) is 2. The highest BCUT2D eigenvalue weighted by Gasteiger charge is 2.12. The fourth-order valence-corrected chi connectivity index (χ4v) is 1.45. The second-order valence-corrected chi connectivity index (χ2v) is 3.26. The van der Waals surface area contributed by atoms with Crippen LogP contribution in [-0.4, -0.2) is 19.2 Å². The standard InChI is InChI=1S/C10H17NO2.HI.2H2/c1-11-10(12)13-9-7-5-3-2-4-6-8-9;;;/h2-3,9H,4-8H2,1H3,(H,11,12);3*1H/b3-2+;;;. The van der Waals surface area contributed by atoms with Crippen molar-refractivity contribution < 1.29 is 12.4 Å². The van der Waals surface area contributed by atoms with E-state index >= 15 is 0 Å². The minimum absolute atomic E-state index is 0. The Morgan fingerprint density at radius 3 is 2.86 bits per heavy atom. The summed E-state index contributed by atoms with van der Waals surface area (Å²) in [6.45, 7) is 0. The molecule has 14 heavy (non-hydrogen) atoms. The molecule has 0 aromatic rings. The van der Waals surface area contributed by atoms with Crippen LogP contribution in [0.4, 0.5) is 4.79 Å². The van der Waals surface area contributed by atoms with E-state index in [-0.39, 0.29) is 39.0 Å². The minimum Gasteiger partial charge on any atom is -0.446 e. The Morgan fingerprint density at radius 2 is 2.14 bits per heavy atom. The van der Waals surface area contributed by atoms with Crippen molar-refractivity contribution in [2.24, 2.45) is 0 Å². The zero-order chi connectivity index (χ0) is 9.52. The topological polar surface area (TPSA) is 38.3 Å². The molecule has 0 spiro atoms. The summed E-state index contributed by atoms with van der Waals surface area (Å²) in [5, 5.41) is 2.47. The van der Waals surface area contributed by atoms with Crippen molar-refractivity contribution in [3.8, 4) is 0 Å². The fraction of sp³-hybridized carbons (Fsp3) is 0.700. The lowest BCUT2D eigenvalue weighted by Crippen LogP contribution is -2.26. The van der Waals surface area contributed by atoms with Crippen LogP contribution in [-0.2, 0) is 4.74 Å². The van der Waals surface area contributed by atoms with Crippen molar-refractivity contribution in [1.29, 1.82) is 0 Å². The normalized spacial score (nSPS) is 23.6. The van der Waals surface area contributed by atoms with E-state index in [9.17, 15) is 4.79 Å². The molecule has 0 aliphatic heterocycles. The fourth-order valence-electron chi connectivity index (χ4n) is 1.45. The highest BCUT2D eigenvalue weighted by atomic mass is 127. The molecule has 3 nitrogen and oxygen atoms in total. The summed E-state index contributed by atoms with van der Waals surface area (Å²) in [6.07, 6.45) is 9.32. The van der Waals surface area contributed by atoms with E-state index in [1.807, 2.05) is 0 Å². The molecular formula is C10H22INO2. The molecule has 0 radical (unpaired) electrons. The summed E-state index contributed by atoms with van der Waals surface area (Å²) < 4.78 is 5.19. The van der Waals surface area contributed by atoms with E-state index < -0.39 is 0 Å². The van der Waals surface area contributed by atoms with Crippen LogP contribution in [0.5, 0.6) is 0 Å². The lowest BCUT2D eigenvalue weighted by molar-refractivity contribution is 0.0881. The van der Waals surface area contributed by atoms with Gasteiger partial charge >= 0.3 is 6.09 Å². The van der Waals surface area contributed by atoms with Crippen molar-refractivity contribution in [3.05, 3.63) is 12.2 Å². The molecule has 0 aromatic carbocycles. The van der Waals surface area contributed by atoms with Gasteiger partial charge in [-0.1, -0.05) is 12.2 Å². The Kier molecular flexibility index (Phi) is 7.93. The molecule has 0 heterocycles. The number of rotatable bonds is 1. The van der Waals surface area contributed by atoms with Crippen molar-refractivity contribution >= 4 is 30.1 Å². The molecule has 4 heteroatoms. The summed E-state index contributed by atoms with van der Waals surface area (Å²) in [4.78, 5) is 10.9. The predicted molar refractivity (Wildman–Crippen MR) is 71.2 cm³/mol. The smallest absolute Gasteiger partial charge is 0.407 e. The Morgan fingerprint density at radius 1 is 1.43 bits per heavy atom. The predicted octanol–water partition coefficient (Wildman–Crippen LogP) is 3.34. The van der Waals surface area contributed by atoms with Gasteiger partial charge < -0.3 is 10.1 Å². The third kappa shape index (κ3) is 5.47. The quantitative estimate of drug-likeness (QED) is 0.595. The molecule has 0 saturated heterocycles. The first kappa shape index (κ1) is 13.7. The van der Waals surface area contributed by atoms with Gasteiger partial charge in [0.2, 0.25) is 0 Å². The van der Waals surface area contributed by atoms with Gasteiger partial charge in [0, 0.05) is 9.90 Å². The van der Waals surface area contributed by atoms with E-state index in [2.05, 4.69) is 17.5 Å². The van der Waals surface area contributed by atoms with Gasteiger partial charge in [0.05, 0.1) is 0 Å². The van der Waals surface area contributed by atoms with Crippen LogP contribution in [0.2, 0.25) is 0 Å². The summed E-state index contributed by atoms with van der Waals surface area (Å²) in [7, 11) is 1.59. The number of carbonyl (C=O) groups excluding carboxylic acids is 1. The first-order chi connectivity index (χ1) is 6.33. The maximum atomic E-state index is 10.9. The lowest BCUT2D eigenvalue weighted by Gasteiger charge is -2.17. The Labute approximate surface area is 105 Å². The molecule has 0 saturated carbocycles. The highest BCUT2D eigenvalue weighted by Crippen LogP contribution is 2.15. The van der Waals surface area contributed by atoms with E-state index in [4.69, 9.17) is 4.74 Å².